The molecular formula is C12H18N2O3. The van der Waals surface area contributed by atoms with E-state index < -0.39 is 0 Å². The van der Waals surface area contributed by atoms with Crippen LogP contribution in [0.15, 0.2) is 18.2 Å². The molecule has 5 nitrogen and oxygen atoms in total. The molecular weight excluding hydrogens is 220 g/mol. The van der Waals surface area contributed by atoms with Gasteiger partial charge >= 0.3 is 0 Å². The summed E-state index contributed by atoms with van der Waals surface area (Å²) >= 11 is 0. The molecule has 0 bridgehead atoms. The molecule has 17 heavy (non-hydrogen) atoms. The van der Waals surface area contributed by atoms with Gasteiger partial charge in [-0.15, -0.1) is 0 Å². The second-order valence-electron chi connectivity index (χ2n) is 3.55. The van der Waals surface area contributed by atoms with Gasteiger partial charge in [-0.2, -0.15) is 0 Å². The van der Waals surface area contributed by atoms with Crippen LogP contribution in [0.3, 0.4) is 0 Å². The van der Waals surface area contributed by atoms with Gasteiger partial charge in [-0.1, -0.05) is 0 Å². The van der Waals surface area contributed by atoms with Crippen LogP contribution >= 0.6 is 0 Å². The van der Waals surface area contributed by atoms with Crippen molar-refractivity contribution < 1.29 is 14.3 Å². The molecule has 0 aliphatic rings. The van der Waals surface area contributed by atoms with Crippen molar-refractivity contribution in [3.8, 4) is 5.75 Å². The summed E-state index contributed by atoms with van der Waals surface area (Å²) in [6.07, 6.45) is 0. The summed E-state index contributed by atoms with van der Waals surface area (Å²) in [5.41, 5.74) is 6.77. The van der Waals surface area contributed by atoms with E-state index in [1.165, 1.54) is 0 Å². The SMILES string of the molecule is COCCNCC(=O)c1ccc(OC)c(N)c1. The normalized spacial score (nSPS) is 10.2. The maximum atomic E-state index is 11.8. The third kappa shape index (κ3) is 4.05. The Hall–Kier alpha value is -1.59. The summed E-state index contributed by atoms with van der Waals surface area (Å²) in [4.78, 5) is 11.8. The number of methoxy groups -OCH3 is 2. The van der Waals surface area contributed by atoms with E-state index in [1.54, 1.807) is 32.4 Å². The fourth-order valence-electron chi connectivity index (χ4n) is 1.39. The first-order chi connectivity index (χ1) is 8.19. The van der Waals surface area contributed by atoms with Gasteiger partial charge < -0.3 is 20.5 Å². The number of rotatable bonds is 7. The summed E-state index contributed by atoms with van der Waals surface area (Å²) in [5.74, 6) is 0.573. The molecule has 0 heterocycles. The molecule has 3 N–H and O–H groups in total. The molecule has 1 aromatic rings. The minimum absolute atomic E-state index is 0.00421. The van der Waals surface area contributed by atoms with Gasteiger partial charge in [0.15, 0.2) is 5.78 Å². The zero-order valence-corrected chi connectivity index (χ0v) is 10.2. The van der Waals surface area contributed by atoms with Gasteiger partial charge in [0.2, 0.25) is 0 Å². The third-order valence-electron chi connectivity index (χ3n) is 2.32. The Labute approximate surface area is 101 Å². The molecule has 1 aromatic carbocycles. The Morgan fingerprint density at radius 3 is 2.76 bits per heavy atom. The Morgan fingerprint density at radius 1 is 1.41 bits per heavy atom. The molecule has 0 aromatic heterocycles. The summed E-state index contributed by atoms with van der Waals surface area (Å²) in [5, 5.41) is 2.99. The van der Waals surface area contributed by atoms with Crippen LogP contribution in [0.4, 0.5) is 5.69 Å². The van der Waals surface area contributed by atoms with Crippen molar-refractivity contribution in [3.05, 3.63) is 23.8 Å². The fourth-order valence-corrected chi connectivity index (χ4v) is 1.39. The topological polar surface area (TPSA) is 73.6 Å². The Kier molecular flexibility index (Phi) is 5.45. The second kappa shape index (κ2) is 6.88. The minimum Gasteiger partial charge on any atom is -0.495 e. The molecule has 0 spiro atoms. The van der Waals surface area contributed by atoms with E-state index in [2.05, 4.69) is 5.32 Å². The number of ether oxygens (including phenoxy) is 2. The van der Waals surface area contributed by atoms with E-state index in [-0.39, 0.29) is 12.3 Å². The Morgan fingerprint density at radius 2 is 2.18 bits per heavy atom. The monoisotopic (exact) mass is 238 g/mol. The molecule has 0 atom stereocenters. The van der Waals surface area contributed by atoms with E-state index in [9.17, 15) is 4.79 Å². The average Bonchev–Trinajstić information content (AvgIpc) is 2.34. The standard InChI is InChI=1S/C12H18N2O3/c1-16-6-5-14-8-11(15)9-3-4-12(17-2)10(13)7-9/h3-4,7,14H,5-6,8,13H2,1-2H3. The van der Waals surface area contributed by atoms with Gasteiger partial charge in [-0.05, 0) is 18.2 Å². The quantitative estimate of drug-likeness (QED) is 0.415. The maximum Gasteiger partial charge on any atom is 0.176 e. The lowest BCUT2D eigenvalue weighted by Gasteiger charge is -2.07. The molecule has 0 aliphatic carbocycles. The maximum absolute atomic E-state index is 11.8. The van der Waals surface area contributed by atoms with Crippen LogP contribution in [-0.2, 0) is 4.74 Å². The van der Waals surface area contributed by atoms with Gasteiger partial charge in [0, 0.05) is 19.2 Å². The van der Waals surface area contributed by atoms with Crippen molar-refractivity contribution >= 4 is 11.5 Å². The van der Waals surface area contributed by atoms with Crippen LogP contribution in [-0.4, -0.2) is 39.7 Å². The first-order valence-electron chi connectivity index (χ1n) is 5.35. The Balaban J connectivity index is 2.54. The molecule has 0 saturated heterocycles. The van der Waals surface area contributed by atoms with E-state index >= 15 is 0 Å². The van der Waals surface area contributed by atoms with Crippen LogP contribution in [0.1, 0.15) is 10.4 Å². The summed E-state index contributed by atoms with van der Waals surface area (Å²) in [7, 11) is 3.16. The summed E-state index contributed by atoms with van der Waals surface area (Å²) in [6, 6.07) is 5.02. The van der Waals surface area contributed by atoms with Gasteiger partial charge in [-0.25, -0.2) is 0 Å². The van der Waals surface area contributed by atoms with E-state index in [0.717, 1.165) is 0 Å². The molecule has 94 valence electrons. The zero-order valence-electron chi connectivity index (χ0n) is 10.2. The number of ketones is 1. The molecule has 0 unspecified atom stereocenters. The van der Waals surface area contributed by atoms with E-state index in [4.69, 9.17) is 15.2 Å². The highest BCUT2D eigenvalue weighted by molar-refractivity contribution is 5.98. The van der Waals surface area contributed by atoms with Crippen molar-refractivity contribution in [2.24, 2.45) is 0 Å². The lowest BCUT2D eigenvalue weighted by atomic mass is 10.1. The molecule has 0 aliphatic heterocycles. The molecule has 0 amide bonds. The van der Waals surface area contributed by atoms with Crippen molar-refractivity contribution in [2.45, 2.75) is 0 Å². The minimum atomic E-state index is -0.00421. The number of hydrogen-bond acceptors (Lipinski definition) is 5. The molecule has 0 radical (unpaired) electrons. The predicted molar refractivity (Wildman–Crippen MR) is 66.5 cm³/mol. The van der Waals surface area contributed by atoms with Gasteiger partial charge in [-0.3, -0.25) is 4.79 Å². The van der Waals surface area contributed by atoms with Crippen molar-refractivity contribution in [3.63, 3.8) is 0 Å². The third-order valence-corrected chi connectivity index (χ3v) is 2.32. The number of carbonyl (C=O) groups excluding carboxylic acids is 1. The van der Waals surface area contributed by atoms with Gasteiger partial charge in [0.1, 0.15) is 5.75 Å². The lowest BCUT2D eigenvalue weighted by molar-refractivity contribution is 0.0987. The van der Waals surface area contributed by atoms with Crippen LogP contribution in [0, 0.1) is 0 Å². The summed E-state index contributed by atoms with van der Waals surface area (Å²) < 4.78 is 9.89. The van der Waals surface area contributed by atoms with Crippen molar-refractivity contribution in [2.75, 3.05) is 39.6 Å². The number of benzene rings is 1. The van der Waals surface area contributed by atoms with Crippen molar-refractivity contribution in [1.82, 2.24) is 5.32 Å². The summed E-state index contributed by atoms with van der Waals surface area (Å²) in [6.45, 7) is 1.50. The van der Waals surface area contributed by atoms with E-state index in [0.29, 0.717) is 30.2 Å². The molecule has 0 saturated carbocycles. The number of anilines is 1. The fraction of sp³-hybridized carbons (Fsp3) is 0.417. The van der Waals surface area contributed by atoms with E-state index in [1.807, 2.05) is 0 Å². The largest absolute Gasteiger partial charge is 0.495 e. The average molecular weight is 238 g/mol. The molecule has 1 rings (SSSR count). The highest BCUT2D eigenvalue weighted by Crippen LogP contribution is 2.21. The number of nitrogens with two attached hydrogens (primary N) is 1. The predicted octanol–water partition coefficient (Wildman–Crippen LogP) is 0.696. The highest BCUT2D eigenvalue weighted by atomic mass is 16.5. The number of hydrogen-bond donors (Lipinski definition) is 2. The number of Topliss-reactive ketones (excluding diaryl/α,β-unsaturated/α-hetero) is 1. The van der Waals surface area contributed by atoms with Crippen LogP contribution < -0.4 is 15.8 Å². The smallest absolute Gasteiger partial charge is 0.176 e. The second-order valence-corrected chi connectivity index (χ2v) is 3.55. The van der Waals surface area contributed by atoms with Crippen LogP contribution in [0.25, 0.3) is 0 Å². The molecule has 0 fully saturated rings. The molecule has 5 heteroatoms. The number of nitrogens with one attached hydrogen (secondary N) is 1. The van der Waals surface area contributed by atoms with Gasteiger partial charge in [0.05, 0.1) is 25.9 Å². The highest BCUT2D eigenvalue weighted by Gasteiger charge is 2.07. The first-order valence-corrected chi connectivity index (χ1v) is 5.35. The number of carbonyl (C=O) groups is 1. The zero-order chi connectivity index (χ0) is 12.7. The van der Waals surface area contributed by atoms with Crippen molar-refractivity contribution in [1.29, 1.82) is 0 Å². The van der Waals surface area contributed by atoms with Crippen LogP contribution in [0.2, 0.25) is 0 Å². The first kappa shape index (κ1) is 13.5. The van der Waals surface area contributed by atoms with Gasteiger partial charge in [0.25, 0.3) is 0 Å². The Bertz CT molecular complexity index is 380. The lowest BCUT2D eigenvalue weighted by Crippen LogP contribution is -2.26. The van der Waals surface area contributed by atoms with Crippen LogP contribution in [0.5, 0.6) is 5.75 Å². The number of nitrogen functional groups attached to an aromatic ring is 1.